The summed E-state index contributed by atoms with van der Waals surface area (Å²) in [5.74, 6) is 0.414. The van der Waals surface area contributed by atoms with Crippen molar-refractivity contribution in [2.45, 2.75) is 26.4 Å². The second-order valence-corrected chi connectivity index (χ2v) is 5.00. The highest BCUT2D eigenvalue weighted by Gasteiger charge is 2.15. The molecule has 1 unspecified atom stereocenters. The molecule has 0 spiro atoms. The van der Waals surface area contributed by atoms with Gasteiger partial charge in [-0.05, 0) is 13.8 Å². The van der Waals surface area contributed by atoms with Gasteiger partial charge in [-0.2, -0.15) is 5.10 Å². The van der Waals surface area contributed by atoms with Crippen LogP contribution in [0.25, 0.3) is 0 Å². The molecule has 0 saturated heterocycles. The topological polar surface area (TPSA) is 87.8 Å². The van der Waals surface area contributed by atoms with E-state index >= 15 is 0 Å². The molecule has 0 fully saturated rings. The first-order valence-corrected chi connectivity index (χ1v) is 5.79. The molecule has 0 saturated carbocycles. The predicted molar refractivity (Wildman–Crippen MR) is 63.3 cm³/mol. The van der Waals surface area contributed by atoms with Gasteiger partial charge in [-0.15, -0.1) is 11.3 Å². The van der Waals surface area contributed by atoms with Crippen molar-refractivity contribution in [2.75, 3.05) is 5.73 Å². The number of aryl methyl sites for hydroxylation is 2. The molecule has 1 atom stereocenters. The maximum Gasteiger partial charge on any atom is 0.124 e. The Kier molecular flexibility index (Phi) is 2.93. The summed E-state index contributed by atoms with van der Waals surface area (Å²) in [6.45, 7) is 3.99. The largest absolute Gasteiger partial charge is 0.388 e. The average Bonchev–Trinajstić information content (AvgIpc) is 2.74. The van der Waals surface area contributed by atoms with Gasteiger partial charge >= 0.3 is 0 Å². The van der Waals surface area contributed by atoms with E-state index in [-0.39, 0.29) is 0 Å². The van der Waals surface area contributed by atoms with Gasteiger partial charge in [0.05, 0.1) is 23.0 Å². The number of H-pyrrole nitrogens is 1. The lowest BCUT2D eigenvalue weighted by atomic mass is 10.1. The summed E-state index contributed by atoms with van der Waals surface area (Å²) in [5, 5.41) is 17.3. The SMILES string of the molecule is Cc1nc(CC(O)c2cn[nH]c2N)sc1C. The second kappa shape index (κ2) is 4.23. The van der Waals surface area contributed by atoms with Crippen LogP contribution in [0.1, 0.15) is 27.2 Å². The predicted octanol–water partition coefficient (Wildman–Crippen LogP) is 1.34. The van der Waals surface area contributed by atoms with E-state index in [4.69, 9.17) is 5.73 Å². The van der Waals surface area contributed by atoms with Crippen LogP contribution < -0.4 is 5.73 Å². The third-order valence-electron chi connectivity index (χ3n) is 2.50. The third kappa shape index (κ3) is 2.07. The molecule has 5 nitrogen and oxygen atoms in total. The highest BCUT2D eigenvalue weighted by Crippen LogP contribution is 2.25. The molecule has 16 heavy (non-hydrogen) atoms. The van der Waals surface area contributed by atoms with Crippen LogP contribution in [-0.2, 0) is 6.42 Å². The maximum absolute atomic E-state index is 9.97. The molecule has 2 aromatic heterocycles. The van der Waals surface area contributed by atoms with E-state index in [9.17, 15) is 5.11 Å². The number of hydrogen-bond acceptors (Lipinski definition) is 5. The van der Waals surface area contributed by atoms with Crippen LogP contribution in [0.4, 0.5) is 5.82 Å². The van der Waals surface area contributed by atoms with Crippen molar-refractivity contribution in [1.82, 2.24) is 15.2 Å². The third-order valence-corrected chi connectivity index (χ3v) is 3.59. The molecule has 0 aliphatic carbocycles. The summed E-state index contributed by atoms with van der Waals surface area (Å²) in [6, 6.07) is 0. The van der Waals surface area contributed by atoms with Gasteiger partial charge < -0.3 is 10.8 Å². The molecule has 2 heterocycles. The molecule has 4 N–H and O–H groups in total. The van der Waals surface area contributed by atoms with Crippen molar-refractivity contribution in [1.29, 1.82) is 0 Å². The lowest BCUT2D eigenvalue weighted by molar-refractivity contribution is 0.179. The van der Waals surface area contributed by atoms with Crippen LogP contribution in [0.5, 0.6) is 0 Å². The van der Waals surface area contributed by atoms with Crippen molar-refractivity contribution in [3.8, 4) is 0 Å². The Hall–Kier alpha value is -1.40. The van der Waals surface area contributed by atoms with Crippen molar-refractivity contribution in [2.24, 2.45) is 0 Å². The molecular weight excluding hydrogens is 224 g/mol. The van der Waals surface area contributed by atoms with Crippen LogP contribution in [0.3, 0.4) is 0 Å². The summed E-state index contributed by atoms with van der Waals surface area (Å²) in [5.41, 5.74) is 7.29. The van der Waals surface area contributed by atoms with Crippen molar-refractivity contribution in [3.05, 3.63) is 27.3 Å². The van der Waals surface area contributed by atoms with Gasteiger partial charge in [0.2, 0.25) is 0 Å². The van der Waals surface area contributed by atoms with E-state index in [1.165, 1.54) is 4.88 Å². The Morgan fingerprint density at radius 1 is 1.56 bits per heavy atom. The quantitative estimate of drug-likeness (QED) is 0.753. The number of nitrogens with two attached hydrogens (primary N) is 1. The van der Waals surface area contributed by atoms with Gasteiger partial charge in [-0.3, -0.25) is 5.10 Å². The van der Waals surface area contributed by atoms with Crippen molar-refractivity contribution in [3.63, 3.8) is 0 Å². The number of anilines is 1. The Bertz CT molecular complexity index is 471. The van der Waals surface area contributed by atoms with E-state index in [0.29, 0.717) is 17.8 Å². The monoisotopic (exact) mass is 238 g/mol. The number of aliphatic hydroxyl groups excluding tert-OH is 1. The summed E-state index contributed by atoms with van der Waals surface area (Å²) >= 11 is 1.60. The fourth-order valence-electron chi connectivity index (χ4n) is 1.47. The number of nitrogen functional groups attached to an aromatic ring is 1. The smallest absolute Gasteiger partial charge is 0.124 e. The molecule has 0 aliphatic heterocycles. The molecule has 0 aliphatic rings. The van der Waals surface area contributed by atoms with Crippen molar-refractivity contribution >= 4 is 17.2 Å². The molecule has 0 aromatic carbocycles. The van der Waals surface area contributed by atoms with Crippen molar-refractivity contribution < 1.29 is 5.11 Å². The first-order chi connectivity index (χ1) is 7.58. The Morgan fingerprint density at radius 3 is 2.81 bits per heavy atom. The summed E-state index contributed by atoms with van der Waals surface area (Å²) in [4.78, 5) is 5.56. The van der Waals surface area contributed by atoms with Crippen LogP contribution in [0.2, 0.25) is 0 Å². The first-order valence-electron chi connectivity index (χ1n) is 4.97. The lowest BCUT2D eigenvalue weighted by Crippen LogP contribution is -2.03. The molecule has 0 amide bonds. The number of aliphatic hydroxyl groups is 1. The number of thiazole rings is 1. The molecule has 2 aromatic rings. The summed E-state index contributed by atoms with van der Waals surface area (Å²) in [6.07, 6.45) is 1.37. The maximum atomic E-state index is 9.97. The molecule has 0 radical (unpaired) electrons. The van der Waals surface area contributed by atoms with E-state index in [1.54, 1.807) is 17.5 Å². The van der Waals surface area contributed by atoms with E-state index < -0.39 is 6.10 Å². The lowest BCUT2D eigenvalue weighted by Gasteiger charge is -2.06. The highest BCUT2D eigenvalue weighted by atomic mass is 32.1. The zero-order chi connectivity index (χ0) is 11.7. The Labute approximate surface area is 97.3 Å². The number of rotatable bonds is 3. The number of aromatic nitrogens is 3. The first kappa shape index (κ1) is 11.1. The fourth-order valence-corrected chi connectivity index (χ4v) is 2.44. The molecule has 86 valence electrons. The van der Waals surface area contributed by atoms with Gasteiger partial charge in [0.25, 0.3) is 0 Å². The standard InChI is InChI=1S/C10H14N4OS/c1-5-6(2)16-9(13-5)3-8(15)7-4-12-14-10(7)11/h4,8,15H,3H2,1-2H3,(H3,11,12,14). The van der Waals surface area contributed by atoms with Crippen LogP contribution in [0, 0.1) is 13.8 Å². The van der Waals surface area contributed by atoms with Gasteiger partial charge in [0, 0.05) is 16.9 Å². The number of hydrogen-bond donors (Lipinski definition) is 3. The molecule has 6 heteroatoms. The number of aromatic amines is 1. The number of nitrogens with zero attached hydrogens (tertiary/aromatic N) is 2. The van der Waals surface area contributed by atoms with E-state index in [2.05, 4.69) is 15.2 Å². The minimum atomic E-state index is -0.649. The zero-order valence-corrected chi connectivity index (χ0v) is 10.0. The van der Waals surface area contributed by atoms with Crippen LogP contribution in [0.15, 0.2) is 6.20 Å². The van der Waals surface area contributed by atoms with Gasteiger partial charge in [0.1, 0.15) is 5.82 Å². The van der Waals surface area contributed by atoms with Gasteiger partial charge in [0.15, 0.2) is 0 Å². The minimum Gasteiger partial charge on any atom is -0.388 e. The van der Waals surface area contributed by atoms with Crippen LogP contribution in [-0.4, -0.2) is 20.3 Å². The van der Waals surface area contributed by atoms with E-state index in [1.807, 2.05) is 13.8 Å². The molecule has 0 bridgehead atoms. The summed E-state index contributed by atoms with van der Waals surface area (Å²) < 4.78 is 0. The zero-order valence-electron chi connectivity index (χ0n) is 9.19. The van der Waals surface area contributed by atoms with Gasteiger partial charge in [-0.25, -0.2) is 4.98 Å². The second-order valence-electron chi connectivity index (χ2n) is 3.71. The van der Waals surface area contributed by atoms with Gasteiger partial charge in [-0.1, -0.05) is 0 Å². The molecule has 2 rings (SSSR count). The Morgan fingerprint density at radius 2 is 2.31 bits per heavy atom. The number of nitrogens with one attached hydrogen (secondary N) is 1. The highest BCUT2D eigenvalue weighted by molar-refractivity contribution is 7.11. The minimum absolute atomic E-state index is 0.414. The fraction of sp³-hybridized carbons (Fsp3) is 0.400. The van der Waals surface area contributed by atoms with Crippen LogP contribution >= 0.6 is 11.3 Å². The molecular formula is C10H14N4OS. The van der Waals surface area contributed by atoms with E-state index in [0.717, 1.165) is 10.7 Å². The normalized spacial score (nSPS) is 12.9. The average molecular weight is 238 g/mol. The Balaban J connectivity index is 2.13. The summed E-state index contributed by atoms with van der Waals surface area (Å²) in [7, 11) is 0.